The summed E-state index contributed by atoms with van der Waals surface area (Å²) < 4.78 is 5.05. The second-order valence-corrected chi connectivity index (χ2v) is 9.98. The molecule has 0 bridgehead atoms. The Morgan fingerprint density at radius 2 is 1.38 bits per heavy atom. The van der Waals surface area contributed by atoms with Crippen molar-refractivity contribution in [1.82, 2.24) is 9.87 Å². The Morgan fingerprint density at radius 3 is 1.76 bits per heavy atom. The van der Waals surface area contributed by atoms with Gasteiger partial charge in [-0.1, -0.05) is 17.7 Å². The quantitative estimate of drug-likeness (QED) is 0.625. The number of benzene rings is 1. The number of rotatable bonds is 2. The van der Waals surface area contributed by atoms with Gasteiger partial charge in [0.25, 0.3) is 8.37 Å². The molecule has 1 heterocycles. The van der Waals surface area contributed by atoms with E-state index in [1.807, 2.05) is 0 Å². The lowest BCUT2D eigenvalue weighted by Crippen LogP contribution is -2.32. The van der Waals surface area contributed by atoms with Gasteiger partial charge in [0.2, 0.25) is 0 Å². The van der Waals surface area contributed by atoms with Crippen molar-refractivity contribution in [3.63, 3.8) is 0 Å². The molecule has 1 fully saturated rings. The number of hydrazine groups is 1. The molecule has 118 valence electrons. The first kappa shape index (κ1) is 16.7. The van der Waals surface area contributed by atoms with E-state index in [4.69, 9.17) is 0 Å². The minimum absolute atomic E-state index is 0.138. The first-order valence-electron chi connectivity index (χ1n) is 7.75. The zero-order chi connectivity index (χ0) is 16.2. The SMILES string of the molecule is Cc1cc(C)c(N2N(C(C)(C)C)[PH+]2NC(C)(C)C)c(C)c1. The van der Waals surface area contributed by atoms with Crippen molar-refractivity contribution < 1.29 is 0 Å². The van der Waals surface area contributed by atoms with Gasteiger partial charge in [0.1, 0.15) is 5.69 Å². The Balaban J connectivity index is 2.38. The third-order valence-electron chi connectivity index (χ3n) is 3.53. The molecule has 2 rings (SSSR count). The zero-order valence-corrected chi connectivity index (χ0v) is 16.0. The van der Waals surface area contributed by atoms with Crippen LogP contribution in [-0.4, -0.2) is 15.9 Å². The summed E-state index contributed by atoms with van der Waals surface area (Å²) in [7, 11) is -0.869. The van der Waals surface area contributed by atoms with Crippen molar-refractivity contribution >= 4 is 14.1 Å². The highest BCUT2D eigenvalue weighted by molar-refractivity contribution is 7.62. The van der Waals surface area contributed by atoms with Crippen LogP contribution in [0.5, 0.6) is 0 Å². The first-order chi connectivity index (χ1) is 9.42. The van der Waals surface area contributed by atoms with Crippen LogP contribution < -0.4 is 9.87 Å². The Bertz CT molecular complexity index is 517. The molecular formula is C17H31N3P+. The molecule has 0 saturated carbocycles. The van der Waals surface area contributed by atoms with E-state index < -0.39 is 8.37 Å². The summed E-state index contributed by atoms with van der Waals surface area (Å²) in [5.74, 6) is 0. The van der Waals surface area contributed by atoms with Crippen molar-refractivity contribution in [2.75, 3.05) is 4.78 Å². The topological polar surface area (TPSA) is 18.0 Å². The van der Waals surface area contributed by atoms with Crippen LogP contribution in [0.25, 0.3) is 0 Å². The molecule has 4 heteroatoms. The average molecular weight is 308 g/mol. The summed E-state index contributed by atoms with van der Waals surface area (Å²) in [5.41, 5.74) is 5.77. The van der Waals surface area contributed by atoms with Gasteiger partial charge in [0.15, 0.2) is 0 Å². The minimum Gasteiger partial charge on any atom is -0.151 e. The summed E-state index contributed by atoms with van der Waals surface area (Å²) in [6, 6.07) is 4.58. The number of anilines is 1. The minimum atomic E-state index is -0.869. The molecule has 1 aliphatic rings. The van der Waals surface area contributed by atoms with E-state index in [0.29, 0.717) is 0 Å². The van der Waals surface area contributed by atoms with E-state index in [1.54, 1.807) is 0 Å². The fourth-order valence-corrected chi connectivity index (χ4v) is 5.84. The Labute approximate surface area is 131 Å². The van der Waals surface area contributed by atoms with E-state index in [2.05, 4.69) is 89.1 Å². The maximum atomic E-state index is 3.82. The second kappa shape index (κ2) is 5.22. The Morgan fingerprint density at radius 1 is 0.905 bits per heavy atom. The maximum Gasteiger partial charge on any atom is 0.279 e. The lowest BCUT2D eigenvalue weighted by Gasteiger charge is -2.16. The maximum absolute atomic E-state index is 3.82. The van der Waals surface area contributed by atoms with Gasteiger partial charge in [-0.25, -0.2) is 0 Å². The molecule has 0 aliphatic carbocycles. The van der Waals surface area contributed by atoms with Gasteiger partial charge in [-0.15, -0.1) is 4.78 Å². The summed E-state index contributed by atoms with van der Waals surface area (Å²) >= 11 is 0. The van der Waals surface area contributed by atoms with Crippen molar-refractivity contribution in [2.24, 2.45) is 0 Å². The molecule has 0 amide bonds. The monoisotopic (exact) mass is 308 g/mol. The average Bonchev–Trinajstić information content (AvgIpc) is 2.86. The van der Waals surface area contributed by atoms with Crippen LogP contribution in [0.1, 0.15) is 58.2 Å². The van der Waals surface area contributed by atoms with Crippen molar-refractivity contribution in [2.45, 2.75) is 73.4 Å². The molecule has 0 aromatic heterocycles. The number of hydrogen-bond donors (Lipinski definition) is 1. The van der Waals surface area contributed by atoms with E-state index >= 15 is 0 Å². The van der Waals surface area contributed by atoms with Crippen molar-refractivity contribution in [3.05, 3.63) is 28.8 Å². The number of hydrogen-bond acceptors (Lipinski definition) is 3. The van der Waals surface area contributed by atoms with Gasteiger partial charge >= 0.3 is 0 Å². The molecule has 1 aromatic rings. The molecule has 0 spiro atoms. The normalized spacial score (nSPS) is 22.6. The highest BCUT2D eigenvalue weighted by atomic mass is 31.2. The van der Waals surface area contributed by atoms with Crippen molar-refractivity contribution in [3.8, 4) is 0 Å². The molecule has 0 radical (unpaired) electrons. The first-order valence-corrected chi connectivity index (χ1v) is 9.14. The standard InChI is InChI=1S/C17H30N3P/c1-12-10-13(2)15(14(3)11-12)19-20(17(7,8)9)21(19)18-16(4,5)6/h10-11,18H,1-9H3/p+1. The summed E-state index contributed by atoms with van der Waals surface area (Å²) in [4.78, 5) is 0. The highest BCUT2D eigenvalue weighted by Crippen LogP contribution is 2.66. The van der Waals surface area contributed by atoms with Gasteiger partial charge in [0.05, 0.1) is 5.54 Å². The summed E-state index contributed by atoms with van der Waals surface area (Å²) in [6.45, 7) is 20.2. The molecule has 21 heavy (non-hydrogen) atoms. The summed E-state index contributed by atoms with van der Waals surface area (Å²) in [6.07, 6.45) is 0. The summed E-state index contributed by atoms with van der Waals surface area (Å²) in [5, 5.41) is 3.82. The van der Waals surface area contributed by atoms with Gasteiger partial charge in [-0.05, 0) is 78.2 Å². The largest absolute Gasteiger partial charge is 0.279 e. The fourth-order valence-electron chi connectivity index (χ4n) is 2.92. The lowest BCUT2D eigenvalue weighted by atomic mass is 10.1. The molecule has 1 aliphatic heterocycles. The Hall–Kier alpha value is -0.630. The molecule has 3 nitrogen and oxygen atoms in total. The van der Waals surface area contributed by atoms with Crippen LogP contribution in [0.2, 0.25) is 0 Å². The lowest BCUT2D eigenvalue weighted by molar-refractivity contribution is 0.335. The van der Waals surface area contributed by atoms with Crippen LogP contribution in [0, 0.1) is 20.8 Å². The number of nitrogens with zero attached hydrogens (tertiary/aromatic N) is 2. The van der Waals surface area contributed by atoms with Crippen molar-refractivity contribution in [1.29, 1.82) is 0 Å². The third kappa shape index (κ3) is 3.59. The molecule has 2 atom stereocenters. The van der Waals surface area contributed by atoms with E-state index in [9.17, 15) is 0 Å². The van der Waals surface area contributed by atoms with Crippen LogP contribution in [0.3, 0.4) is 0 Å². The van der Waals surface area contributed by atoms with E-state index in [1.165, 1.54) is 22.4 Å². The van der Waals surface area contributed by atoms with Gasteiger partial charge in [0, 0.05) is 5.54 Å². The zero-order valence-electron chi connectivity index (χ0n) is 15.0. The van der Waals surface area contributed by atoms with Crippen LogP contribution in [0.4, 0.5) is 5.69 Å². The van der Waals surface area contributed by atoms with Gasteiger partial charge < -0.3 is 0 Å². The van der Waals surface area contributed by atoms with Crippen LogP contribution in [0.15, 0.2) is 12.1 Å². The highest BCUT2D eigenvalue weighted by Gasteiger charge is 2.64. The number of nitrogens with one attached hydrogen (secondary N) is 1. The second-order valence-electron chi connectivity index (χ2n) is 8.24. The van der Waals surface area contributed by atoms with Crippen LogP contribution in [-0.2, 0) is 0 Å². The Kier molecular flexibility index (Phi) is 4.16. The third-order valence-corrected chi connectivity index (χ3v) is 6.42. The number of aryl methyl sites for hydroxylation is 3. The predicted molar refractivity (Wildman–Crippen MR) is 95.9 cm³/mol. The van der Waals surface area contributed by atoms with Gasteiger partial charge in [-0.2, -0.15) is 5.09 Å². The smallest absolute Gasteiger partial charge is 0.151 e. The molecule has 2 unspecified atom stereocenters. The molecule has 1 saturated heterocycles. The van der Waals surface area contributed by atoms with Gasteiger partial charge in [-0.3, -0.25) is 0 Å². The van der Waals surface area contributed by atoms with E-state index in [0.717, 1.165) is 0 Å². The molecular weight excluding hydrogens is 277 g/mol. The fraction of sp³-hybridized carbons (Fsp3) is 0.647. The van der Waals surface area contributed by atoms with Crippen LogP contribution >= 0.6 is 8.37 Å². The molecule has 1 aromatic carbocycles. The molecule has 1 N–H and O–H groups in total. The predicted octanol–water partition coefficient (Wildman–Crippen LogP) is 4.79. The van der Waals surface area contributed by atoms with E-state index in [-0.39, 0.29) is 11.1 Å².